The van der Waals surface area contributed by atoms with Crippen LogP contribution in [0, 0.1) is 0 Å². The van der Waals surface area contributed by atoms with E-state index in [-0.39, 0.29) is 11.5 Å². The fourth-order valence-electron chi connectivity index (χ4n) is 2.16. The van der Waals surface area contributed by atoms with E-state index < -0.39 is 12.1 Å². The number of benzene rings is 1. The van der Waals surface area contributed by atoms with Gasteiger partial charge in [0, 0.05) is 22.7 Å². The van der Waals surface area contributed by atoms with E-state index in [1.54, 1.807) is 19.2 Å². The Morgan fingerprint density at radius 1 is 1.19 bits per heavy atom. The molecule has 0 saturated heterocycles. The second-order valence-corrected chi connectivity index (χ2v) is 4.64. The summed E-state index contributed by atoms with van der Waals surface area (Å²) >= 11 is 0. The van der Waals surface area contributed by atoms with Gasteiger partial charge in [0.25, 0.3) is 0 Å². The van der Waals surface area contributed by atoms with Crippen molar-refractivity contribution in [3.8, 4) is 0 Å². The van der Waals surface area contributed by atoms with Crippen LogP contribution >= 0.6 is 0 Å². The Morgan fingerprint density at radius 2 is 2.00 bits per heavy atom. The number of rotatable bonds is 4. The van der Waals surface area contributed by atoms with Crippen molar-refractivity contribution in [2.75, 3.05) is 0 Å². The molecule has 0 aliphatic rings. The molecule has 0 spiro atoms. The van der Waals surface area contributed by atoms with Crippen molar-refractivity contribution in [2.45, 2.75) is 13.0 Å². The molecule has 106 valence electrons. The van der Waals surface area contributed by atoms with Crippen molar-refractivity contribution in [3.05, 3.63) is 60.2 Å². The summed E-state index contributed by atoms with van der Waals surface area (Å²) in [6.45, 7) is 1.55. The molecule has 0 bridgehead atoms. The smallest absolute Gasteiger partial charge is 0.374 e. The zero-order valence-corrected chi connectivity index (χ0v) is 11.3. The Kier molecular flexibility index (Phi) is 3.31. The lowest BCUT2D eigenvalue weighted by Gasteiger charge is -2.10. The first-order chi connectivity index (χ1) is 10.2. The van der Waals surface area contributed by atoms with Gasteiger partial charge in [-0.2, -0.15) is 0 Å². The van der Waals surface area contributed by atoms with E-state index in [2.05, 4.69) is 4.98 Å². The molecule has 3 rings (SSSR count). The van der Waals surface area contributed by atoms with E-state index in [4.69, 9.17) is 9.15 Å². The maximum Gasteiger partial charge on any atom is 0.374 e. The first-order valence-corrected chi connectivity index (χ1v) is 6.51. The van der Waals surface area contributed by atoms with Gasteiger partial charge in [0.1, 0.15) is 0 Å². The van der Waals surface area contributed by atoms with Crippen molar-refractivity contribution < 1.29 is 18.7 Å². The van der Waals surface area contributed by atoms with E-state index in [0.29, 0.717) is 5.56 Å². The first kappa shape index (κ1) is 13.2. The lowest BCUT2D eigenvalue weighted by molar-refractivity contribution is 0.0290. The van der Waals surface area contributed by atoms with Crippen molar-refractivity contribution in [1.82, 2.24) is 4.98 Å². The fraction of sp³-hybridized carbons (Fsp3) is 0.125. The number of furan rings is 1. The molecule has 5 heteroatoms. The summed E-state index contributed by atoms with van der Waals surface area (Å²) in [5.74, 6) is -0.832. The van der Waals surface area contributed by atoms with Crippen molar-refractivity contribution in [1.29, 1.82) is 0 Å². The highest BCUT2D eigenvalue weighted by molar-refractivity contribution is 6.10. The third-order valence-corrected chi connectivity index (χ3v) is 3.23. The number of para-hydroxylation sites is 1. The minimum atomic E-state index is -0.887. The molecule has 0 saturated carbocycles. The van der Waals surface area contributed by atoms with Crippen LogP contribution in [0.5, 0.6) is 0 Å². The number of Topliss-reactive ketones (excluding diaryl/α,β-unsaturated/α-hetero) is 1. The second kappa shape index (κ2) is 5.28. The molecule has 1 aromatic carbocycles. The summed E-state index contributed by atoms with van der Waals surface area (Å²) in [4.78, 5) is 27.2. The average molecular weight is 283 g/mol. The van der Waals surface area contributed by atoms with Gasteiger partial charge in [-0.15, -0.1) is 0 Å². The van der Waals surface area contributed by atoms with E-state index in [0.717, 1.165) is 10.9 Å². The number of aromatic nitrogens is 1. The van der Waals surface area contributed by atoms with E-state index in [1.165, 1.54) is 12.3 Å². The zero-order valence-electron chi connectivity index (χ0n) is 11.3. The maximum absolute atomic E-state index is 12.4. The first-order valence-electron chi connectivity index (χ1n) is 6.51. The number of carbonyl (C=O) groups is 2. The number of H-pyrrole nitrogens is 1. The number of ether oxygens (including phenoxy) is 1. The molecular formula is C16H13NO4. The van der Waals surface area contributed by atoms with Gasteiger partial charge in [0.15, 0.2) is 6.10 Å². The Hall–Kier alpha value is -2.82. The predicted molar refractivity (Wildman–Crippen MR) is 76.2 cm³/mol. The minimum absolute atomic E-state index is 0.0774. The van der Waals surface area contributed by atoms with Crippen LogP contribution in [0.25, 0.3) is 10.9 Å². The van der Waals surface area contributed by atoms with Crippen LogP contribution < -0.4 is 0 Å². The van der Waals surface area contributed by atoms with E-state index >= 15 is 0 Å². The van der Waals surface area contributed by atoms with Crippen LogP contribution in [-0.4, -0.2) is 22.8 Å². The van der Waals surface area contributed by atoms with Gasteiger partial charge in [0.05, 0.1) is 6.26 Å². The van der Waals surface area contributed by atoms with E-state index in [9.17, 15) is 9.59 Å². The summed E-state index contributed by atoms with van der Waals surface area (Å²) < 4.78 is 10.1. The summed E-state index contributed by atoms with van der Waals surface area (Å²) in [5, 5.41) is 0.809. The van der Waals surface area contributed by atoms with Crippen LogP contribution in [0.15, 0.2) is 53.3 Å². The largest absolute Gasteiger partial charge is 0.457 e. The second-order valence-electron chi connectivity index (χ2n) is 4.64. The van der Waals surface area contributed by atoms with Gasteiger partial charge in [-0.05, 0) is 25.1 Å². The minimum Gasteiger partial charge on any atom is -0.457 e. The van der Waals surface area contributed by atoms with Gasteiger partial charge >= 0.3 is 5.97 Å². The van der Waals surface area contributed by atoms with Crippen molar-refractivity contribution in [3.63, 3.8) is 0 Å². The molecule has 0 aliphatic carbocycles. The SMILES string of the molecule is C[C@H](OC(=O)c1ccco1)C(=O)c1c[nH]c2ccccc12. The van der Waals surface area contributed by atoms with Crippen LogP contribution in [-0.2, 0) is 4.74 Å². The van der Waals surface area contributed by atoms with Crippen molar-refractivity contribution in [2.24, 2.45) is 0 Å². The summed E-state index contributed by atoms with van der Waals surface area (Å²) in [6, 6.07) is 10.5. The molecule has 1 atom stereocenters. The summed E-state index contributed by atoms with van der Waals surface area (Å²) in [6.07, 6.45) is 2.12. The lowest BCUT2D eigenvalue weighted by Crippen LogP contribution is -2.24. The summed E-state index contributed by atoms with van der Waals surface area (Å²) in [5.41, 5.74) is 1.37. The summed E-state index contributed by atoms with van der Waals surface area (Å²) in [7, 11) is 0. The molecule has 2 heterocycles. The number of hydrogen-bond donors (Lipinski definition) is 1. The average Bonchev–Trinajstić information content (AvgIpc) is 3.15. The van der Waals surface area contributed by atoms with Crippen LogP contribution in [0.4, 0.5) is 0 Å². The number of ketones is 1. The Balaban J connectivity index is 1.80. The van der Waals surface area contributed by atoms with Crippen LogP contribution in [0.3, 0.4) is 0 Å². The molecule has 0 aliphatic heterocycles. The van der Waals surface area contributed by atoms with E-state index in [1.807, 2.05) is 24.3 Å². The quantitative estimate of drug-likeness (QED) is 0.589. The molecule has 5 nitrogen and oxygen atoms in total. The molecule has 3 aromatic rings. The third-order valence-electron chi connectivity index (χ3n) is 3.23. The number of fused-ring (bicyclic) bond motifs is 1. The molecular weight excluding hydrogens is 270 g/mol. The topological polar surface area (TPSA) is 72.3 Å². The van der Waals surface area contributed by atoms with Crippen LogP contribution in [0.2, 0.25) is 0 Å². The van der Waals surface area contributed by atoms with Gasteiger partial charge in [-0.3, -0.25) is 4.79 Å². The van der Waals surface area contributed by atoms with Crippen LogP contribution in [0.1, 0.15) is 27.8 Å². The number of esters is 1. The molecule has 2 aromatic heterocycles. The fourth-order valence-corrected chi connectivity index (χ4v) is 2.16. The zero-order chi connectivity index (χ0) is 14.8. The molecule has 0 amide bonds. The van der Waals surface area contributed by atoms with Gasteiger partial charge in [-0.25, -0.2) is 4.79 Å². The monoisotopic (exact) mass is 283 g/mol. The predicted octanol–water partition coefficient (Wildman–Crippen LogP) is 3.19. The number of nitrogens with one attached hydrogen (secondary N) is 1. The molecule has 21 heavy (non-hydrogen) atoms. The normalized spacial score (nSPS) is 12.2. The number of aromatic amines is 1. The van der Waals surface area contributed by atoms with Crippen molar-refractivity contribution >= 4 is 22.7 Å². The molecule has 0 fully saturated rings. The Labute approximate surface area is 120 Å². The standard InChI is InChI=1S/C16H13NO4/c1-10(21-16(19)14-7-4-8-20-14)15(18)12-9-17-13-6-3-2-5-11(12)13/h2-10,17H,1H3/t10-/m0/s1. The Morgan fingerprint density at radius 3 is 2.76 bits per heavy atom. The highest BCUT2D eigenvalue weighted by Crippen LogP contribution is 2.20. The van der Waals surface area contributed by atoms with Gasteiger partial charge in [0.2, 0.25) is 11.5 Å². The number of hydrogen-bond acceptors (Lipinski definition) is 4. The molecule has 0 unspecified atom stereocenters. The highest BCUT2D eigenvalue weighted by atomic mass is 16.6. The number of carbonyl (C=O) groups excluding carboxylic acids is 2. The van der Waals surface area contributed by atoms with Gasteiger partial charge < -0.3 is 14.1 Å². The Bertz CT molecular complexity index is 786. The third kappa shape index (κ3) is 2.45. The highest BCUT2D eigenvalue weighted by Gasteiger charge is 2.23. The molecule has 0 radical (unpaired) electrons. The maximum atomic E-state index is 12.4. The molecule has 1 N–H and O–H groups in total. The van der Waals surface area contributed by atoms with Gasteiger partial charge in [-0.1, -0.05) is 18.2 Å². The lowest BCUT2D eigenvalue weighted by atomic mass is 10.1.